The number of nitrogen functional groups attached to an aromatic ring is 1. The fourth-order valence-corrected chi connectivity index (χ4v) is 2.79. The smallest absolute Gasteiger partial charge is 0.263 e. The molecule has 1 heterocycles. The van der Waals surface area contributed by atoms with Crippen LogP contribution in [0.2, 0.25) is 0 Å². The molecule has 0 radical (unpaired) electrons. The fraction of sp³-hybridized carbons (Fsp3) is 0.615. The maximum atomic E-state index is 12.1. The van der Waals surface area contributed by atoms with Crippen LogP contribution in [0.25, 0.3) is 0 Å². The maximum Gasteiger partial charge on any atom is 0.263 e. The summed E-state index contributed by atoms with van der Waals surface area (Å²) < 4.78 is 10.6. The summed E-state index contributed by atoms with van der Waals surface area (Å²) in [5, 5.41) is 6.90. The van der Waals surface area contributed by atoms with Crippen molar-refractivity contribution in [2.45, 2.75) is 25.8 Å². The van der Waals surface area contributed by atoms with Crippen LogP contribution in [0.5, 0.6) is 5.75 Å². The van der Waals surface area contributed by atoms with Gasteiger partial charge in [0, 0.05) is 19.2 Å². The zero-order valence-electron chi connectivity index (χ0n) is 11.8. The molecule has 1 amide bonds. The number of ether oxygens (including phenoxy) is 2. The van der Waals surface area contributed by atoms with E-state index in [4.69, 9.17) is 15.2 Å². The van der Waals surface area contributed by atoms with Gasteiger partial charge in [0.1, 0.15) is 15.6 Å². The summed E-state index contributed by atoms with van der Waals surface area (Å²) >= 11 is 1.32. The molecular formula is C13H21N3O3S. The van der Waals surface area contributed by atoms with E-state index in [0.717, 1.165) is 17.8 Å². The van der Waals surface area contributed by atoms with E-state index in [1.807, 2.05) is 6.92 Å². The van der Waals surface area contributed by atoms with Crippen molar-refractivity contribution < 1.29 is 14.3 Å². The predicted octanol–water partition coefficient (Wildman–Crippen LogP) is 1.68. The van der Waals surface area contributed by atoms with Crippen LogP contribution in [0, 0.1) is 0 Å². The molecule has 6 nitrogen and oxygen atoms in total. The topological polar surface area (TPSA) is 85.6 Å². The van der Waals surface area contributed by atoms with E-state index >= 15 is 0 Å². The number of anilines is 2. The Bertz CT molecular complexity index is 472. The van der Waals surface area contributed by atoms with E-state index in [2.05, 4.69) is 10.6 Å². The molecule has 1 aliphatic rings. The minimum atomic E-state index is -0.119. The Hall–Kier alpha value is -1.47. The van der Waals surface area contributed by atoms with E-state index < -0.39 is 0 Å². The van der Waals surface area contributed by atoms with Crippen LogP contribution in [0.1, 0.15) is 29.4 Å². The van der Waals surface area contributed by atoms with Crippen LogP contribution in [0.15, 0.2) is 0 Å². The lowest BCUT2D eigenvalue weighted by Crippen LogP contribution is -2.25. The molecular weight excluding hydrogens is 278 g/mol. The molecule has 0 spiro atoms. The van der Waals surface area contributed by atoms with Crippen molar-refractivity contribution in [2.75, 3.05) is 37.9 Å². The van der Waals surface area contributed by atoms with Crippen molar-refractivity contribution in [3.8, 4) is 5.75 Å². The lowest BCUT2D eigenvalue weighted by Gasteiger charge is -2.06. The van der Waals surface area contributed by atoms with Gasteiger partial charge in [-0.1, -0.05) is 0 Å². The van der Waals surface area contributed by atoms with Gasteiger partial charge in [-0.25, -0.2) is 0 Å². The van der Waals surface area contributed by atoms with E-state index in [1.165, 1.54) is 11.3 Å². The monoisotopic (exact) mass is 299 g/mol. The number of nitrogens with one attached hydrogen (secondary N) is 2. The highest BCUT2D eigenvalue weighted by Crippen LogP contribution is 2.42. The summed E-state index contributed by atoms with van der Waals surface area (Å²) in [5.74, 6) is 0.415. The lowest BCUT2D eigenvalue weighted by atomic mass is 10.3. The van der Waals surface area contributed by atoms with E-state index in [9.17, 15) is 4.79 Å². The molecule has 1 aromatic heterocycles. The number of amides is 1. The molecule has 0 saturated heterocycles. The van der Waals surface area contributed by atoms with Crippen molar-refractivity contribution in [1.29, 1.82) is 0 Å². The number of thiophene rings is 1. The van der Waals surface area contributed by atoms with Gasteiger partial charge in [0.2, 0.25) is 0 Å². The quantitative estimate of drug-likeness (QED) is 0.636. The molecule has 0 bridgehead atoms. The van der Waals surface area contributed by atoms with Gasteiger partial charge in [0.25, 0.3) is 5.91 Å². The molecule has 0 aromatic carbocycles. The average molecular weight is 299 g/mol. The SMILES string of the molecule is CCOCCNc1sc(C(=O)NC2CC2)c(N)c1OC. The van der Waals surface area contributed by atoms with Gasteiger partial charge in [-0.05, 0) is 19.8 Å². The maximum absolute atomic E-state index is 12.1. The van der Waals surface area contributed by atoms with Crippen molar-refractivity contribution in [3.63, 3.8) is 0 Å². The largest absolute Gasteiger partial charge is 0.492 e. The van der Waals surface area contributed by atoms with Crippen LogP contribution >= 0.6 is 11.3 Å². The molecule has 0 atom stereocenters. The van der Waals surface area contributed by atoms with Crippen LogP contribution < -0.4 is 21.1 Å². The third kappa shape index (κ3) is 3.55. The first-order valence-electron chi connectivity index (χ1n) is 6.76. The second-order valence-corrected chi connectivity index (χ2v) is 5.60. The Morgan fingerprint density at radius 3 is 2.85 bits per heavy atom. The Labute approximate surface area is 122 Å². The first kappa shape index (κ1) is 14.9. The molecule has 0 unspecified atom stereocenters. The van der Waals surface area contributed by atoms with Crippen LogP contribution in [0.3, 0.4) is 0 Å². The number of hydrogen-bond acceptors (Lipinski definition) is 6. The summed E-state index contributed by atoms with van der Waals surface area (Å²) in [6.45, 7) is 3.87. The second-order valence-electron chi connectivity index (χ2n) is 4.58. The number of hydrogen-bond donors (Lipinski definition) is 3. The van der Waals surface area contributed by atoms with E-state index in [1.54, 1.807) is 7.11 Å². The third-order valence-corrected chi connectivity index (χ3v) is 4.10. The van der Waals surface area contributed by atoms with Crippen molar-refractivity contribution >= 4 is 27.9 Å². The molecule has 4 N–H and O–H groups in total. The van der Waals surface area contributed by atoms with Gasteiger partial charge >= 0.3 is 0 Å². The number of carbonyl (C=O) groups excluding carboxylic acids is 1. The molecule has 1 aliphatic carbocycles. The summed E-state index contributed by atoms with van der Waals surface area (Å²) in [6.07, 6.45) is 2.10. The fourth-order valence-electron chi connectivity index (χ4n) is 1.78. The normalized spacial score (nSPS) is 14.1. The lowest BCUT2D eigenvalue weighted by molar-refractivity contribution is 0.0956. The average Bonchev–Trinajstić information content (AvgIpc) is 3.18. The summed E-state index contributed by atoms with van der Waals surface area (Å²) in [6, 6.07) is 0.310. The zero-order chi connectivity index (χ0) is 14.5. The zero-order valence-corrected chi connectivity index (χ0v) is 12.6. The van der Waals surface area contributed by atoms with Gasteiger partial charge in [0.05, 0.1) is 13.7 Å². The molecule has 20 heavy (non-hydrogen) atoms. The number of nitrogens with two attached hydrogens (primary N) is 1. The number of carbonyl (C=O) groups is 1. The summed E-state index contributed by atoms with van der Waals surface area (Å²) in [7, 11) is 1.55. The van der Waals surface area contributed by atoms with Crippen molar-refractivity contribution in [2.24, 2.45) is 0 Å². The number of methoxy groups -OCH3 is 1. The van der Waals surface area contributed by atoms with Gasteiger partial charge < -0.3 is 25.8 Å². The van der Waals surface area contributed by atoms with Gasteiger partial charge in [-0.2, -0.15) is 0 Å². The van der Waals surface area contributed by atoms with Gasteiger partial charge in [-0.15, -0.1) is 11.3 Å². The molecule has 0 aliphatic heterocycles. The van der Waals surface area contributed by atoms with Gasteiger partial charge in [-0.3, -0.25) is 4.79 Å². The number of rotatable bonds is 8. The minimum absolute atomic E-state index is 0.119. The Balaban J connectivity index is 2.04. The first-order chi connectivity index (χ1) is 9.67. The van der Waals surface area contributed by atoms with Crippen LogP contribution in [0.4, 0.5) is 10.7 Å². The standard InChI is InChI=1S/C13H21N3O3S/c1-3-19-7-6-15-13-10(18-2)9(14)11(20-13)12(17)16-8-4-5-8/h8,15H,3-7,14H2,1-2H3,(H,16,17). The van der Waals surface area contributed by atoms with Crippen molar-refractivity contribution in [3.05, 3.63) is 4.88 Å². The van der Waals surface area contributed by atoms with Crippen LogP contribution in [-0.4, -0.2) is 38.8 Å². The van der Waals surface area contributed by atoms with E-state index in [-0.39, 0.29) is 5.91 Å². The summed E-state index contributed by atoms with van der Waals surface area (Å²) in [5.41, 5.74) is 6.39. The molecule has 1 aromatic rings. The van der Waals surface area contributed by atoms with Gasteiger partial charge in [0.15, 0.2) is 5.75 Å². The Kier molecular flexibility index (Phi) is 5.08. The second kappa shape index (κ2) is 6.81. The minimum Gasteiger partial charge on any atom is -0.492 e. The Morgan fingerprint density at radius 2 is 2.25 bits per heavy atom. The highest BCUT2D eigenvalue weighted by Gasteiger charge is 2.27. The molecule has 2 rings (SSSR count). The molecule has 1 fully saturated rings. The molecule has 7 heteroatoms. The highest BCUT2D eigenvalue weighted by molar-refractivity contribution is 7.19. The first-order valence-corrected chi connectivity index (χ1v) is 7.57. The van der Waals surface area contributed by atoms with Crippen LogP contribution in [-0.2, 0) is 4.74 Å². The molecule has 112 valence electrons. The van der Waals surface area contributed by atoms with Crippen molar-refractivity contribution in [1.82, 2.24) is 5.32 Å². The predicted molar refractivity (Wildman–Crippen MR) is 80.8 cm³/mol. The highest BCUT2D eigenvalue weighted by atomic mass is 32.1. The summed E-state index contributed by atoms with van der Waals surface area (Å²) in [4.78, 5) is 12.6. The third-order valence-electron chi connectivity index (χ3n) is 2.96. The van der Waals surface area contributed by atoms with E-state index in [0.29, 0.717) is 42.1 Å². The Morgan fingerprint density at radius 1 is 1.50 bits per heavy atom. The molecule has 1 saturated carbocycles.